The third kappa shape index (κ3) is 3.55. The van der Waals surface area contributed by atoms with Gasteiger partial charge in [0, 0.05) is 21.4 Å². The average molecular weight is 439 g/mol. The zero-order valence-electron chi connectivity index (χ0n) is 9.21. The van der Waals surface area contributed by atoms with E-state index in [4.69, 9.17) is 0 Å². The maximum atomic E-state index is 3.28. The lowest BCUT2D eigenvalue weighted by atomic mass is 10.0. The number of fused-ring (bicyclic) bond motifs is 1. The molecule has 1 nitrogen and oxygen atoms in total. The molecule has 1 aromatic carbocycles. The Balaban J connectivity index is 0.00000128. The molecule has 1 N–H and O–H groups in total. The van der Waals surface area contributed by atoms with Gasteiger partial charge in [-0.3, -0.25) is 0 Å². The van der Waals surface area contributed by atoms with Crippen LogP contribution in [0.3, 0.4) is 0 Å². The molecule has 3 heteroatoms. The van der Waals surface area contributed by atoms with Crippen molar-refractivity contribution in [3.8, 4) is 0 Å². The number of halogens is 2. The van der Waals surface area contributed by atoms with Gasteiger partial charge in [0.05, 0.1) is 0 Å². The topological polar surface area (TPSA) is 14.1 Å². The van der Waals surface area contributed by atoms with E-state index in [-0.39, 0.29) is 24.0 Å². The summed E-state index contributed by atoms with van der Waals surface area (Å²) in [5, 5.41) is 1.36. The highest BCUT2D eigenvalue weighted by atomic mass is 127. The molecule has 1 unspecified atom stereocenters. The molecule has 0 aliphatic rings. The van der Waals surface area contributed by atoms with Gasteiger partial charge in [-0.2, -0.15) is 0 Å². The summed E-state index contributed by atoms with van der Waals surface area (Å²) in [6.45, 7) is 2.26. The Kier molecular flexibility index (Phi) is 5.96. The maximum absolute atomic E-state index is 3.28. The number of alkyl halides is 1. The molecule has 86 valence electrons. The lowest BCUT2D eigenvalue weighted by Gasteiger charge is -2.04. The van der Waals surface area contributed by atoms with Crippen LogP contribution >= 0.6 is 22.6 Å². The minimum Gasteiger partial charge on any atom is -1.00 e. The third-order valence-electron chi connectivity index (χ3n) is 2.61. The van der Waals surface area contributed by atoms with Crippen LogP contribution in [-0.4, -0.2) is 3.92 Å². The third-order valence-corrected chi connectivity index (χ3v) is 3.23. The second kappa shape index (κ2) is 6.74. The van der Waals surface area contributed by atoms with E-state index >= 15 is 0 Å². The summed E-state index contributed by atoms with van der Waals surface area (Å²) >= 11 is 2.49. The van der Waals surface area contributed by atoms with E-state index in [1.165, 1.54) is 29.3 Å². The molecule has 0 saturated heterocycles. The monoisotopic (exact) mass is 439 g/mol. The normalized spacial score (nSPS) is 12.1. The van der Waals surface area contributed by atoms with E-state index < -0.39 is 0 Å². The number of pyridine rings is 1. The van der Waals surface area contributed by atoms with Crippen LogP contribution in [0.5, 0.6) is 0 Å². The van der Waals surface area contributed by atoms with Crippen molar-refractivity contribution < 1.29 is 29.0 Å². The number of benzene rings is 1. The Hall–Kier alpha value is 0.0900. The average Bonchev–Trinajstić information content (AvgIpc) is 2.26. The van der Waals surface area contributed by atoms with Gasteiger partial charge in [0.1, 0.15) is 0 Å². The predicted molar refractivity (Wildman–Crippen MR) is 72.3 cm³/mol. The molecule has 0 aliphatic heterocycles. The molecule has 2 aromatic rings. The molecule has 1 aromatic heterocycles. The first-order valence-electron chi connectivity index (χ1n) is 5.30. The highest BCUT2D eigenvalue weighted by Crippen LogP contribution is 2.17. The number of rotatable bonds is 3. The summed E-state index contributed by atoms with van der Waals surface area (Å²) in [6, 6.07) is 10.7. The van der Waals surface area contributed by atoms with Gasteiger partial charge in [0.15, 0.2) is 6.20 Å². The van der Waals surface area contributed by atoms with Crippen molar-refractivity contribution in [1.82, 2.24) is 0 Å². The number of aromatic nitrogens is 1. The second-order valence-corrected chi connectivity index (χ2v) is 5.99. The molecular weight excluding hydrogens is 424 g/mol. The van der Waals surface area contributed by atoms with Gasteiger partial charge >= 0.3 is 0 Å². The largest absolute Gasteiger partial charge is 1.00 e. The fourth-order valence-electron chi connectivity index (χ4n) is 1.78. The molecule has 1 heterocycles. The van der Waals surface area contributed by atoms with Crippen molar-refractivity contribution in [3.63, 3.8) is 0 Å². The molecule has 0 spiro atoms. The minimum atomic E-state index is 0. The molecule has 2 rings (SSSR count). The minimum absolute atomic E-state index is 0. The Morgan fingerprint density at radius 3 is 2.75 bits per heavy atom. The first-order chi connectivity index (χ1) is 7.27. The summed E-state index contributed by atoms with van der Waals surface area (Å²) in [5.74, 6) is 0. The predicted octanol–water partition coefficient (Wildman–Crippen LogP) is 0.414. The SMILES string of the molecule is CC(I)CCc1cc[nH+]c2ccccc12.[I-]. The zero-order valence-corrected chi connectivity index (χ0v) is 13.5. The van der Waals surface area contributed by atoms with Crippen LogP contribution in [0.1, 0.15) is 18.9 Å². The zero-order chi connectivity index (χ0) is 10.7. The van der Waals surface area contributed by atoms with Crippen LogP contribution in [0.4, 0.5) is 0 Å². The highest BCUT2D eigenvalue weighted by molar-refractivity contribution is 14.1. The molecule has 0 aliphatic carbocycles. The Morgan fingerprint density at radius 2 is 2.00 bits per heavy atom. The Labute approximate surface area is 127 Å². The van der Waals surface area contributed by atoms with E-state index in [2.05, 4.69) is 64.8 Å². The van der Waals surface area contributed by atoms with Crippen LogP contribution in [0.2, 0.25) is 0 Å². The van der Waals surface area contributed by atoms with Gasteiger partial charge in [0.25, 0.3) is 0 Å². The van der Waals surface area contributed by atoms with Crippen molar-refractivity contribution in [1.29, 1.82) is 0 Å². The summed E-state index contributed by atoms with van der Waals surface area (Å²) in [4.78, 5) is 3.28. The Morgan fingerprint density at radius 1 is 1.25 bits per heavy atom. The van der Waals surface area contributed by atoms with Crippen LogP contribution in [0, 0.1) is 0 Å². The van der Waals surface area contributed by atoms with E-state index in [1.54, 1.807) is 0 Å². The Bertz CT molecular complexity index is 449. The van der Waals surface area contributed by atoms with Gasteiger partial charge in [-0.05, 0) is 24.5 Å². The van der Waals surface area contributed by atoms with Gasteiger partial charge < -0.3 is 24.0 Å². The second-order valence-electron chi connectivity index (χ2n) is 3.87. The van der Waals surface area contributed by atoms with Gasteiger partial charge in [-0.25, -0.2) is 4.98 Å². The molecule has 0 bridgehead atoms. The van der Waals surface area contributed by atoms with Crippen LogP contribution in [0.15, 0.2) is 36.5 Å². The molecule has 0 amide bonds. The molecule has 16 heavy (non-hydrogen) atoms. The van der Waals surface area contributed by atoms with E-state index in [1.807, 2.05) is 6.20 Å². The van der Waals surface area contributed by atoms with Crippen molar-refractivity contribution in [3.05, 3.63) is 42.1 Å². The number of nitrogens with one attached hydrogen (secondary N) is 1. The van der Waals surface area contributed by atoms with Crippen LogP contribution in [0.25, 0.3) is 10.9 Å². The van der Waals surface area contributed by atoms with Crippen LogP contribution < -0.4 is 29.0 Å². The van der Waals surface area contributed by atoms with Gasteiger partial charge in [0.2, 0.25) is 5.52 Å². The standard InChI is InChI=1S/C13H14IN.HI/c1-10(14)6-7-11-8-9-15-13-5-3-2-4-12(11)13;/h2-5,8-10H,6-7H2,1H3;1H. The fraction of sp³-hybridized carbons (Fsp3) is 0.308. The quantitative estimate of drug-likeness (QED) is 0.487. The van der Waals surface area contributed by atoms with E-state index in [0.29, 0.717) is 0 Å². The number of aryl methyl sites for hydroxylation is 1. The molecule has 0 radical (unpaired) electrons. The maximum Gasteiger partial charge on any atom is 0.211 e. The fourth-order valence-corrected chi connectivity index (χ4v) is 2.09. The van der Waals surface area contributed by atoms with Crippen molar-refractivity contribution in [2.75, 3.05) is 0 Å². The molecule has 1 atom stereocenters. The van der Waals surface area contributed by atoms with Crippen molar-refractivity contribution in [2.45, 2.75) is 23.7 Å². The molecular formula is C13H15I2N. The summed E-state index contributed by atoms with van der Waals surface area (Å²) in [5.41, 5.74) is 2.68. The number of para-hydroxylation sites is 1. The highest BCUT2D eigenvalue weighted by Gasteiger charge is 2.05. The summed E-state index contributed by atoms with van der Waals surface area (Å²) in [7, 11) is 0. The number of hydrogen-bond donors (Lipinski definition) is 0. The van der Waals surface area contributed by atoms with Crippen LogP contribution in [-0.2, 0) is 6.42 Å². The smallest absolute Gasteiger partial charge is 0.211 e. The summed E-state index contributed by atoms with van der Waals surface area (Å²) in [6.07, 6.45) is 4.45. The number of hydrogen-bond acceptors (Lipinski definition) is 0. The number of aromatic amines is 1. The van der Waals surface area contributed by atoms with E-state index in [9.17, 15) is 0 Å². The van der Waals surface area contributed by atoms with Gasteiger partial charge in [-0.1, -0.05) is 41.6 Å². The van der Waals surface area contributed by atoms with Crippen molar-refractivity contribution >= 4 is 33.5 Å². The molecule has 0 fully saturated rings. The number of H-pyrrole nitrogens is 1. The molecule has 0 saturated carbocycles. The van der Waals surface area contributed by atoms with E-state index in [0.717, 1.165) is 3.92 Å². The van der Waals surface area contributed by atoms with Gasteiger partial charge in [-0.15, -0.1) is 0 Å². The first-order valence-corrected chi connectivity index (χ1v) is 6.54. The van der Waals surface area contributed by atoms with Crippen molar-refractivity contribution in [2.24, 2.45) is 0 Å². The lowest BCUT2D eigenvalue weighted by molar-refractivity contribution is -0.344. The summed E-state index contributed by atoms with van der Waals surface area (Å²) < 4.78 is 0.741. The lowest BCUT2D eigenvalue weighted by Crippen LogP contribution is -3.00. The first kappa shape index (κ1) is 14.2.